The van der Waals surface area contributed by atoms with E-state index >= 15 is 0 Å². The third-order valence-electron chi connectivity index (χ3n) is 5.36. The van der Waals surface area contributed by atoms with Crippen molar-refractivity contribution < 1.29 is 27.8 Å². The molecule has 2 aliphatic carbocycles. The molecule has 0 aromatic carbocycles. The Morgan fingerprint density at radius 3 is 2.00 bits per heavy atom. The molecule has 2 saturated carbocycles. The van der Waals surface area contributed by atoms with Crippen LogP contribution in [0.2, 0.25) is 0 Å². The van der Waals surface area contributed by atoms with Crippen LogP contribution in [-0.2, 0) is 19.1 Å². The molecule has 0 aliphatic heterocycles. The monoisotopic (exact) mass is 370 g/mol. The van der Waals surface area contributed by atoms with Gasteiger partial charge in [0.2, 0.25) is 0 Å². The van der Waals surface area contributed by atoms with E-state index < -0.39 is 36.5 Å². The van der Waals surface area contributed by atoms with Gasteiger partial charge < -0.3 is 9.47 Å². The van der Waals surface area contributed by atoms with Crippen molar-refractivity contribution in [2.45, 2.75) is 76.9 Å². The summed E-state index contributed by atoms with van der Waals surface area (Å²) in [6.07, 6.45) is -1.16. The molecule has 2 fully saturated rings. The Hall–Kier alpha value is -1.72. The summed E-state index contributed by atoms with van der Waals surface area (Å²) in [5, 5.41) is 0. The van der Waals surface area contributed by atoms with E-state index in [0.29, 0.717) is 31.3 Å². The Bertz CT molecular complexity index is 574. The van der Waals surface area contributed by atoms with Gasteiger partial charge in [0.25, 0.3) is 0 Å². The van der Waals surface area contributed by atoms with E-state index in [1.807, 2.05) is 0 Å². The first-order valence-corrected chi connectivity index (χ1v) is 9.20. The number of alkyl halides is 2. The number of hydrogen-bond donors (Lipinski definition) is 0. The molecular weight excluding hydrogens is 342 g/mol. The third kappa shape index (κ3) is 5.15. The molecule has 6 unspecified atom stereocenters. The van der Waals surface area contributed by atoms with Crippen LogP contribution in [0.25, 0.3) is 0 Å². The molecule has 6 heteroatoms. The minimum atomic E-state index is -1.29. The molecule has 0 aromatic rings. The van der Waals surface area contributed by atoms with E-state index in [4.69, 9.17) is 9.47 Å². The fraction of sp³-hybridized carbons (Fsp3) is 0.700. The number of halogens is 2. The summed E-state index contributed by atoms with van der Waals surface area (Å²) in [7, 11) is 0. The van der Waals surface area contributed by atoms with Crippen LogP contribution < -0.4 is 0 Å². The Balaban J connectivity index is 1.85. The predicted molar refractivity (Wildman–Crippen MR) is 93.9 cm³/mol. The number of hydrogen-bond acceptors (Lipinski definition) is 4. The maximum atomic E-state index is 14.6. The van der Waals surface area contributed by atoms with Gasteiger partial charge in [0.05, 0.1) is 0 Å². The zero-order chi connectivity index (χ0) is 19.4. The van der Waals surface area contributed by atoms with Gasteiger partial charge >= 0.3 is 11.9 Å². The molecule has 0 radical (unpaired) electrons. The summed E-state index contributed by atoms with van der Waals surface area (Å²) in [4.78, 5) is 23.1. The Morgan fingerprint density at radius 1 is 0.846 bits per heavy atom. The maximum absolute atomic E-state index is 14.6. The minimum absolute atomic E-state index is 0.0856. The summed E-state index contributed by atoms with van der Waals surface area (Å²) in [6, 6.07) is 0. The highest BCUT2D eigenvalue weighted by Gasteiger charge is 2.42. The van der Waals surface area contributed by atoms with Crippen molar-refractivity contribution in [1.82, 2.24) is 0 Å². The molecule has 0 aromatic heterocycles. The topological polar surface area (TPSA) is 52.6 Å². The first-order chi connectivity index (χ1) is 12.2. The van der Waals surface area contributed by atoms with Crippen molar-refractivity contribution in [2.24, 2.45) is 11.8 Å². The quantitative estimate of drug-likeness (QED) is 0.537. The molecule has 26 heavy (non-hydrogen) atoms. The van der Waals surface area contributed by atoms with E-state index in [2.05, 4.69) is 13.2 Å². The van der Waals surface area contributed by atoms with Crippen molar-refractivity contribution in [3.05, 3.63) is 24.3 Å². The van der Waals surface area contributed by atoms with Crippen molar-refractivity contribution >= 4 is 11.9 Å². The van der Waals surface area contributed by atoms with Crippen molar-refractivity contribution in [1.29, 1.82) is 0 Å². The van der Waals surface area contributed by atoms with E-state index in [1.54, 1.807) is 6.92 Å². The predicted octanol–water partition coefficient (Wildman–Crippen LogP) is 4.24. The number of carbonyl (C=O) groups excluding carboxylic acids is 2. The lowest BCUT2D eigenvalue weighted by Crippen LogP contribution is -2.42. The number of esters is 2. The lowest BCUT2D eigenvalue weighted by atomic mass is 9.71. The Morgan fingerprint density at radius 2 is 1.46 bits per heavy atom. The third-order valence-corrected chi connectivity index (χ3v) is 5.36. The van der Waals surface area contributed by atoms with Crippen LogP contribution in [0.1, 0.15) is 52.4 Å². The molecule has 0 saturated heterocycles. The average molecular weight is 370 g/mol. The first kappa shape index (κ1) is 20.6. The standard InChI is InChI=1S/C20H28F2O4/c1-11(2)19(23)25-14-6-7-15(16(21)10-14)13-5-8-18(17(22)9-13)26-20(24)12(3)4/h13-18H,1,3,5-10H2,2,4H3. The molecule has 4 nitrogen and oxygen atoms in total. The van der Waals surface area contributed by atoms with Crippen LogP contribution >= 0.6 is 0 Å². The highest BCUT2D eigenvalue weighted by molar-refractivity contribution is 5.87. The molecule has 2 aliphatic rings. The molecule has 0 heterocycles. The van der Waals surface area contributed by atoms with Crippen LogP contribution in [0.4, 0.5) is 8.78 Å². The molecule has 0 N–H and O–H groups in total. The Kier molecular flexibility index (Phi) is 6.95. The van der Waals surface area contributed by atoms with Crippen molar-refractivity contribution in [2.75, 3.05) is 0 Å². The van der Waals surface area contributed by atoms with Gasteiger partial charge in [0, 0.05) is 17.6 Å². The number of rotatable bonds is 5. The number of ether oxygens (including phenoxy) is 2. The summed E-state index contributed by atoms with van der Waals surface area (Å²) in [6.45, 7) is 10.1. The van der Waals surface area contributed by atoms with Crippen molar-refractivity contribution in [3.63, 3.8) is 0 Å². The fourth-order valence-electron chi connectivity index (χ4n) is 3.87. The van der Waals surface area contributed by atoms with E-state index in [9.17, 15) is 18.4 Å². The van der Waals surface area contributed by atoms with Gasteiger partial charge in [-0.2, -0.15) is 0 Å². The second-order valence-electron chi connectivity index (χ2n) is 7.61. The highest BCUT2D eigenvalue weighted by Crippen LogP contribution is 2.42. The average Bonchev–Trinajstić information content (AvgIpc) is 2.56. The second-order valence-corrected chi connectivity index (χ2v) is 7.61. The van der Waals surface area contributed by atoms with Gasteiger partial charge in [0.15, 0.2) is 0 Å². The van der Waals surface area contributed by atoms with Crippen LogP contribution in [0, 0.1) is 11.8 Å². The van der Waals surface area contributed by atoms with Crippen molar-refractivity contribution in [3.8, 4) is 0 Å². The first-order valence-electron chi connectivity index (χ1n) is 9.20. The van der Waals surface area contributed by atoms with Gasteiger partial charge in [-0.1, -0.05) is 13.2 Å². The van der Waals surface area contributed by atoms with Gasteiger partial charge in [-0.15, -0.1) is 0 Å². The second kappa shape index (κ2) is 8.78. The van der Waals surface area contributed by atoms with E-state index in [1.165, 1.54) is 6.92 Å². The molecule has 6 atom stereocenters. The van der Waals surface area contributed by atoms with Gasteiger partial charge in [-0.25, -0.2) is 18.4 Å². The largest absolute Gasteiger partial charge is 0.459 e. The SMILES string of the molecule is C=C(C)C(=O)OC1CCC(C2CCC(OC(=O)C(=C)C)C(F)C2)C(F)C1. The lowest BCUT2D eigenvalue weighted by Gasteiger charge is -2.40. The highest BCUT2D eigenvalue weighted by atomic mass is 19.1. The van der Waals surface area contributed by atoms with Gasteiger partial charge in [0.1, 0.15) is 24.6 Å². The summed E-state index contributed by atoms with van der Waals surface area (Å²) < 4.78 is 39.5. The van der Waals surface area contributed by atoms with Gasteiger partial charge in [-0.3, -0.25) is 0 Å². The fourth-order valence-corrected chi connectivity index (χ4v) is 3.87. The van der Waals surface area contributed by atoms with Gasteiger partial charge in [-0.05, 0) is 57.8 Å². The van der Waals surface area contributed by atoms with E-state index in [0.717, 1.165) is 0 Å². The normalized spacial score (nSPS) is 34.6. The van der Waals surface area contributed by atoms with Crippen LogP contribution in [0.3, 0.4) is 0 Å². The van der Waals surface area contributed by atoms with Crippen LogP contribution in [0.5, 0.6) is 0 Å². The van der Waals surface area contributed by atoms with E-state index in [-0.39, 0.29) is 30.3 Å². The summed E-state index contributed by atoms with van der Waals surface area (Å²) in [5.41, 5.74) is 0.538. The molecule has 2 rings (SSSR count). The smallest absolute Gasteiger partial charge is 0.333 e. The molecule has 0 amide bonds. The lowest BCUT2D eigenvalue weighted by molar-refractivity contribution is -0.153. The summed E-state index contributed by atoms with van der Waals surface area (Å²) >= 11 is 0. The minimum Gasteiger partial charge on any atom is -0.459 e. The molecule has 0 spiro atoms. The zero-order valence-electron chi connectivity index (χ0n) is 15.5. The molecule has 146 valence electrons. The maximum Gasteiger partial charge on any atom is 0.333 e. The zero-order valence-corrected chi connectivity index (χ0v) is 15.5. The number of carbonyl (C=O) groups is 2. The van der Waals surface area contributed by atoms with Crippen LogP contribution in [-0.4, -0.2) is 36.5 Å². The molecular formula is C20H28F2O4. The summed E-state index contributed by atoms with van der Waals surface area (Å²) in [5.74, 6) is -1.41. The van der Waals surface area contributed by atoms with Crippen LogP contribution in [0.15, 0.2) is 24.3 Å². The molecule has 0 bridgehead atoms. The Labute approximate surface area is 153 Å².